The Labute approximate surface area is 104 Å². The SMILES string of the molecule is CCCCN1CCC(NCc2ccn[nH]2)CC1. The summed E-state index contributed by atoms with van der Waals surface area (Å²) >= 11 is 0. The van der Waals surface area contributed by atoms with Crippen LogP contribution in [0.4, 0.5) is 0 Å². The highest BCUT2D eigenvalue weighted by Crippen LogP contribution is 2.11. The van der Waals surface area contributed by atoms with Gasteiger partial charge in [0.1, 0.15) is 0 Å². The number of aromatic amines is 1. The van der Waals surface area contributed by atoms with Crippen LogP contribution >= 0.6 is 0 Å². The second-order valence-electron chi connectivity index (χ2n) is 4.93. The number of aromatic nitrogens is 2. The molecule has 17 heavy (non-hydrogen) atoms. The third-order valence-electron chi connectivity index (χ3n) is 3.56. The Hall–Kier alpha value is -0.870. The Balaban J connectivity index is 1.62. The van der Waals surface area contributed by atoms with E-state index in [1.54, 1.807) is 0 Å². The van der Waals surface area contributed by atoms with Crippen LogP contribution in [0, 0.1) is 0 Å². The van der Waals surface area contributed by atoms with Crippen LogP contribution in [0.15, 0.2) is 12.3 Å². The molecule has 2 N–H and O–H groups in total. The second kappa shape index (κ2) is 6.77. The van der Waals surface area contributed by atoms with Crippen LogP contribution in [0.5, 0.6) is 0 Å². The van der Waals surface area contributed by atoms with Gasteiger partial charge in [-0.05, 0) is 45.0 Å². The molecule has 1 aliphatic heterocycles. The monoisotopic (exact) mass is 236 g/mol. The first-order chi connectivity index (χ1) is 8.38. The molecular formula is C13H24N4. The Morgan fingerprint density at radius 3 is 2.94 bits per heavy atom. The molecule has 1 saturated heterocycles. The fraction of sp³-hybridized carbons (Fsp3) is 0.769. The molecule has 1 aromatic heterocycles. The lowest BCUT2D eigenvalue weighted by atomic mass is 10.0. The summed E-state index contributed by atoms with van der Waals surface area (Å²) in [6, 6.07) is 2.71. The molecule has 0 unspecified atom stereocenters. The topological polar surface area (TPSA) is 44.0 Å². The van der Waals surface area contributed by atoms with E-state index in [1.807, 2.05) is 12.3 Å². The number of H-pyrrole nitrogens is 1. The normalized spacial score (nSPS) is 18.6. The van der Waals surface area contributed by atoms with Gasteiger partial charge in [-0.15, -0.1) is 0 Å². The number of likely N-dealkylation sites (tertiary alicyclic amines) is 1. The molecule has 0 amide bonds. The first kappa shape index (κ1) is 12.6. The lowest BCUT2D eigenvalue weighted by Gasteiger charge is -2.32. The summed E-state index contributed by atoms with van der Waals surface area (Å²) in [6.07, 6.45) is 7.00. The van der Waals surface area contributed by atoms with Gasteiger partial charge in [-0.3, -0.25) is 5.10 Å². The number of rotatable bonds is 6. The minimum absolute atomic E-state index is 0.677. The molecule has 2 rings (SSSR count). The zero-order chi connectivity index (χ0) is 11.9. The molecule has 1 fully saturated rings. The first-order valence-electron chi connectivity index (χ1n) is 6.82. The van der Waals surface area contributed by atoms with Gasteiger partial charge in [0.2, 0.25) is 0 Å². The van der Waals surface area contributed by atoms with Crippen molar-refractivity contribution in [2.45, 2.75) is 45.2 Å². The van der Waals surface area contributed by atoms with E-state index in [0.717, 1.165) is 6.54 Å². The van der Waals surface area contributed by atoms with Crippen molar-refractivity contribution in [3.8, 4) is 0 Å². The maximum absolute atomic E-state index is 3.96. The van der Waals surface area contributed by atoms with Gasteiger partial charge in [0.25, 0.3) is 0 Å². The number of piperidine rings is 1. The first-order valence-corrected chi connectivity index (χ1v) is 6.82. The summed E-state index contributed by atoms with van der Waals surface area (Å²) in [5, 5.41) is 10.6. The third kappa shape index (κ3) is 4.13. The van der Waals surface area contributed by atoms with Crippen molar-refractivity contribution in [1.29, 1.82) is 0 Å². The molecule has 96 valence electrons. The van der Waals surface area contributed by atoms with Crippen LogP contribution in [0.2, 0.25) is 0 Å². The zero-order valence-electron chi connectivity index (χ0n) is 10.8. The van der Waals surface area contributed by atoms with Crippen molar-refractivity contribution >= 4 is 0 Å². The third-order valence-corrected chi connectivity index (χ3v) is 3.56. The van der Waals surface area contributed by atoms with Crippen LogP contribution in [0.3, 0.4) is 0 Å². The molecule has 0 radical (unpaired) electrons. The van der Waals surface area contributed by atoms with Crippen LogP contribution < -0.4 is 5.32 Å². The Morgan fingerprint density at radius 1 is 1.47 bits per heavy atom. The van der Waals surface area contributed by atoms with Crippen LogP contribution in [-0.4, -0.2) is 40.8 Å². The molecule has 4 nitrogen and oxygen atoms in total. The lowest BCUT2D eigenvalue weighted by molar-refractivity contribution is 0.194. The summed E-state index contributed by atoms with van der Waals surface area (Å²) in [5.41, 5.74) is 1.18. The van der Waals surface area contributed by atoms with Gasteiger partial charge in [0.15, 0.2) is 0 Å². The van der Waals surface area contributed by atoms with E-state index in [-0.39, 0.29) is 0 Å². The molecule has 0 aliphatic carbocycles. The highest BCUT2D eigenvalue weighted by Gasteiger charge is 2.17. The van der Waals surface area contributed by atoms with E-state index in [9.17, 15) is 0 Å². The summed E-state index contributed by atoms with van der Waals surface area (Å²) < 4.78 is 0. The number of hydrogen-bond donors (Lipinski definition) is 2. The molecular weight excluding hydrogens is 212 g/mol. The van der Waals surface area contributed by atoms with Gasteiger partial charge in [0.05, 0.1) is 0 Å². The van der Waals surface area contributed by atoms with Crippen molar-refractivity contribution in [3.05, 3.63) is 18.0 Å². The van der Waals surface area contributed by atoms with E-state index in [2.05, 4.69) is 27.3 Å². The summed E-state index contributed by atoms with van der Waals surface area (Å²) in [4.78, 5) is 2.60. The van der Waals surface area contributed by atoms with Gasteiger partial charge in [0, 0.05) is 24.5 Å². The average molecular weight is 236 g/mol. The van der Waals surface area contributed by atoms with E-state index < -0.39 is 0 Å². The number of nitrogens with one attached hydrogen (secondary N) is 2. The van der Waals surface area contributed by atoms with Gasteiger partial charge < -0.3 is 10.2 Å². The van der Waals surface area contributed by atoms with Crippen molar-refractivity contribution in [1.82, 2.24) is 20.4 Å². The van der Waals surface area contributed by atoms with Crippen molar-refractivity contribution in [2.75, 3.05) is 19.6 Å². The highest BCUT2D eigenvalue weighted by molar-refractivity contribution is 4.97. The van der Waals surface area contributed by atoms with Gasteiger partial charge in [-0.25, -0.2) is 0 Å². The van der Waals surface area contributed by atoms with Crippen LogP contribution in [0.1, 0.15) is 38.3 Å². The Kier molecular flexibility index (Phi) is 5.01. The Morgan fingerprint density at radius 2 is 2.29 bits per heavy atom. The summed E-state index contributed by atoms with van der Waals surface area (Å²) in [5.74, 6) is 0. The Bertz CT molecular complexity index is 288. The molecule has 4 heteroatoms. The van der Waals surface area contributed by atoms with Gasteiger partial charge in [-0.2, -0.15) is 5.10 Å². The smallest absolute Gasteiger partial charge is 0.0490 e. The van der Waals surface area contributed by atoms with E-state index in [1.165, 1.54) is 51.0 Å². The minimum atomic E-state index is 0.677. The lowest BCUT2D eigenvalue weighted by Crippen LogP contribution is -2.42. The molecule has 2 heterocycles. The molecule has 0 spiro atoms. The van der Waals surface area contributed by atoms with Gasteiger partial charge in [-0.1, -0.05) is 13.3 Å². The molecule has 1 aliphatic rings. The highest BCUT2D eigenvalue weighted by atomic mass is 15.1. The summed E-state index contributed by atoms with van der Waals surface area (Å²) in [7, 11) is 0. The number of unbranched alkanes of at least 4 members (excludes halogenated alkanes) is 1. The fourth-order valence-corrected chi connectivity index (χ4v) is 2.38. The van der Waals surface area contributed by atoms with Crippen LogP contribution in [-0.2, 0) is 6.54 Å². The molecule has 0 aromatic carbocycles. The van der Waals surface area contributed by atoms with Crippen molar-refractivity contribution in [3.63, 3.8) is 0 Å². The van der Waals surface area contributed by atoms with Crippen LogP contribution in [0.25, 0.3) is 0 Å². The van der Waals surface area contributed by atoms with Gasteiger partial charge >= 0.3 is 0 Å². The maximum atomic E-state index is 3.96. The quantitative estimate of drug-likeness (QED) is 0.791. The standard InChI is InChI=1S/C13H24N4/c1-2-3-8-17-9-5-12(6-10-17)14-11-13-4-7-15-16-13/h4,7,12,14H,2-3,5-6,8-11H2,1H3,(H,15,16). The fourth-order valence-electron chi connectivity index (χ4n) is 2.38. The molecule has 0 saturated carbocycles. The second-order valence-corrected chi connectivity index (χ2v) is 4.93. The largest absolute Gasteiger partial charge is 0.308 e. The van der Waals surface area contributed by atoms with E-state index in [4.69, 9.17) is 0 Å². The summed E-state index contributed by atoms with van der Waals surface area (Å²) in [6.45, 7) is 6.96. The predicted octanol–water partition coefficient (Wildman–Crippen LogP) is 1.76. The number of nitrogens with zero attached hydrogens (tertiary/aromatic N) is 2. The van der Waals surface area contributed by atoms with E-state index in [0.29, 0.717) is 6.04 Å². The predicted molar refractivity (Wildman–Crippen MR) is 69.8 cm³/mol. The maximum Gasteiger partial charge on any atom is 0.0490 e. The van der Waals surface area contributed by atoms with E-state index >= 15 is 0 Å². The molecule has 1 aromatic rings. The number of hydrogen-bond acceptors (Lipinski definition) is 3. The minimum Gasteiger partial charge on any atom is -0.308 e. The molecule has 0 bridgehead atoms. The zero-order valence-corrected chi connectivity index (χ0v) is 10.8. The van der Waals surface area contributed by atoms with Crippen molar-refractivity contribution < 1.29 is 0 Å². The van der Waals surface area contributed by atoms with Crippen molar-refractivity contribution in [2.24, 2.45) is 0 Å². The molecule has 0 atom stereocenters. The average Bonchev–Trinajstić information content (AvgIpc) is 2.88.